The summed E-state index contributed by atoms with van der Waals surface area (Å²) in [4.78, 5) is 20.3. The van der Waals surface area contributed by atoms with Crippen molar-refractivity contribution in [3.63, 3.8) is 0 Å². The number of Topliss-reactive ketones (excluding diaryl/α,β-unsaturated/α-hetero) is 1. The van der Waals surface area contributed by atoms with Crippen LogP contribution in [0.1, 0.15) is 18.1 Å². The van der Waals surface area contributed by atoms with E-state index in [1.165, 1.54) is 29.8 Å². The molecule has 0 unspecified atom stereocenters. The molecule has 3 aromatic rings. The SMILES string of the molecule is CC(=N)[C@H](C#N)C(=O)CSc1nc(-c2ccc(C)cc2)c(-c2ccc(C)cc2)[nH]1. The Hall–Kier alpha value is -3.17. The number of hydrogen-bond donors (Lipinski definition) is 2. The van der Waals surface area contributed by atoms with Crippen molar-refractivity contribution in [1.29, 1.82) is 10.7 Å². The molecule has 3 rings (SSSR count). The first-order chi connectivity index (χ1) is 13.9. The second-order valence-corrected chi connectivity index (χ2v) is 7.96. The standard InChI is InChI=1S/C23H22N4OS/c1-14-4-8-17(9-5-14)21-22(18-10-6-15(2)7-11-18)27-23(26-21)29-13-20(28)19(12-24)16(3)25/h4-11,19,25H,13H2,1-3H3,(H,26,27)/t19-/m0/s1. The van der Waals surface area contributed by atoms with Crippen LogP contribution in [0.25, 0.3) is 22.5 Å². The van der Waals surface area contributed by atoms with Gasteiger partial charge in [0.15, 0.2) is 10.9 Å². The first-order valence-electron chi connectivity index (χ1n) is 9.23. The molecular weight excluding hydrogens is 380 g/mol. The number of benzene rings is 2. The average molecular weight is 403 g/mol. The summed E-state index contributed by atoms with van der Waals surface area (Å²) in [6.45, 7) is 5.56. The molecule has 1 aromatic heterocycles. The number of ketones is 1. The molecule has 0 saturated carbocycles. The van der Waals surface area contributed by atoms with E-state index < -0.39 is 5.92 Å². The van der Waals surface area contributed by atoms with Crippen LogP contribution in [0.4, 0.5) is 0 Å². The molecular formula is C23H22N4OS. The van der Waals surface area contributed by atoms with E-state index in [1.54, 1.807) is 0 Å². The maximum Gasteiger partial charge on any atom is 0.166 e. The number of imidazole rings is 1. The molecule has 2 N–H and O–H groups in total. The summed E-state index contributed by atoms with van der Waals surface area (Å²) in [6.07, 6.45) is 0. The topological polar surface area (TPSA) is 93.4 Å². The van der Waals surface area contributed by atoms with E-state index in [4.69, 9.17) is 15.7 Å². The first kappa shape index (κ1) is 20.6. The minimum absolute atomic E-state index is 0.0678. The Bertz CT molecular complexity index is 1010. The maximum atomic E-state index is 12.3. The fourth-order valence-corrected chi connectivity index (χ4v) is 3.68. The highest BCUT2D eigenvalue weighted by molar-refractivity contribution is 7.99. The smallest absolute Gasteiger partial charge is 0.166 e. The minimum Gasteiger partial charge on any atom is -0.332 e. The van der Waals surface area contributed by atoms with Gasteiger partial charge in [0.1, 0.15) is 5.92 Å². The van der Waals surface area contributed by atoms with Gasteiger partial charge in [0.05, 0.1) is 23.2 Å². The normalized spacial score (nSPS) is 11.7. The Kier molecular flexibility index (Phi) is 6.30. The Morgan fingerprint density at radius 2 is 1.66 bits per heavy atom. The predicted octanol–water partition coefficient (Wildman–Crippen LogP) is 5.20. The zero-order valence-corrected chi connectivity index (χ0v) is 17.4. The molecule has 1 atom stereocenters. The van der Waals surface area contributed by atoms with Crippen molar-refractivity contribution in [2.45, 2.75) is 25.9 Å². The average Bonchev–Trinajstić information content (AvgIpc) is 3.12. The third-order valence-corrected chi connectivity index (χ3v) is 5.48. The molecule has 0 bridgehead atoms. The van der Waals surface area contributed by atoms with E-state index in [0.717, 1.165) is 22.5 Å². The highest BCUT2D eigenvalue weighted by Crippen LogP contribution is 2.33. The van der Waals surface area contributed by atoms with Crippen molar-refractivity contribution >= 4 is 23.3 Å². The third kappa shape index (κ3) is 4.82. The van der Waals surface area contributed by atoms with Crippen LogP contribution in [-0.4, -0.2) is 27.2 Å². The number of aromatic nitrogens is 2. The Labute approximate surface area is 174 Å². The fraction of sp³-hybridized carbons (Fsp3) is 0.217. The molecule has 5 nitrogen and oxygen atoms in total. The second kappa shape index (κ2) is 8.89. The van der Waals surface area contributed by atoms with Crippen LogP contribution >= 0.6 is 11.8 Å². The molecule has 0 radical (unpaired) electrons. The van der Waals surface area contributed by atoms with E-state index in [1.807, 2.05) is 56.3 Å². The number of nitriles is 1. The quantitative estimate of drug-likeness (QED) is 0.419. The van der Waals surface area contributed by atoms with E-state index >= 15 is 0 Å². The molecule has 0 spiro atoms. The van der Waals surface area contributed by atoms with Crippen molar-refractivity contribution in [1.82, 2.24) is 9.97 Å². The van der Waals surface area contributed by atoms with Gasteiger partial charge in [-0.2, -0.15) is 5.26 Å². The van der Waals surface area contributed by atoms with E-state index in [9.17, 15) is 4.79 Å². The number of nitrogens with zero attached hydrogens (tertiary/aromatic N) is 2. The molecule has 0 aliphatic heterocycles. The minimum atomic E-state index is -0.995. The number of carbonyl (C=O) groups excluding carboxylic acids is 1. The summed E-state index contributed by atoms with van der Waals surface area (Å²) in [5.74, 6) is -1.19. The number of thioether (sulfide) groups is 1. The van der Waals surface area contributed by atoms with Crippen molar-refractivity contribution in [3.8, 4) is 28.6 Å². The summed E-state index contributed by atoms with van der Waals surface area (Å²) < 4.78 is 0. The molecule has 1 heterocycles. The number of carbonyl (C=O) groups is 1. The summed E-state index contributed by atoms with van der Waals surface area (Å²) in [7, 11) is 0. The van der Waals surface area contributed by atoms with Crippen LogP contribution in [-0.2, 0) is 4.79 Å². The monoisotopic (exact) mass is 402 g/mol. The van der Waals surface area contributed by atoms with Crippen LogP contribution in [0.15, 0.2) is 53.7 Å². The van der Waals surface area contributed by atoms with Crippen molar-refractivity contribution in [3.05, 3.63) is 59.7 Å². The zero-order chi connectivity index (χ0) is 21.0. The highest BCUT2D eigenvalue weighted by atomic mass is 32.2. The van der Waals surface area contributed by atoms with Gasteiger partial charge in [0.25, 0.3) is 0 Å². The lowest BCUT2D eigenvalue weighted by atomic mass is 10.0. The Morgan fingerprint density at radius 1 is 1.10 bits per heavy atom. The van der Waals surface area contributed by atoms with E-state index in [-0.39, 0.29) is 17.2 Å². The summed E-state index contributed by atoms with van der Waals surface area (Å²) in [5, 5.41) is 17.3. The predicted molar refractivity (Wildman–Crippen MR) is 117 cm³/mol. The summed E-state index contributed by atoms with van der Waals surface area (Å²) in [6, 6.07) is 18.3. The molecule has 2 aromatic carbocycles. The van der Waals surface area contributed by atoms with Crippen molar-refractivity contribution < 1.29 is 4.79 Å². The van der Waals surface area contributed by atoms with Crippen molar-refractivity contribution in [2.75, 3.05) is 5.75 Å². The molecule has 0 amide bonds. The fourth-order valence-electron chi connectivity index (χ4n) is 2.90. The lowest BCUT2D eigenvalue weighted by molar-refractivity contribution is -0.117. The first-order valence-corrected chi connectivity index (χ1v) is 10.2. The third-order valence-electron chi connectivity index (χ3n) is 4.58. The summed E-state index contributed by atoms with van der Waals surface area (Å²) >= 11 is 1.26. The number of aryl methyl sites for hydroxylation is 2. The molecule has 0 fully saturated rings. The number of nitrogens with one attached hydrogen (secondary N) is 2. The molecule has 0 aliphatic carbocycles. The lowest BCUT2D eigenvalue weighted by Crippen LogP contribution is -2.21. The number of hydrogen-bond acceptors (Lipinski definition) is 5. The van der Waals surface area contributed by atoms with Gasteiger partial charge in [-0.3, -0.25) is 4.79 Å². The van der Waals surface area contributed by atoms with Gasteiger partial charge in [-0.05, 0) is 20.8 Å². The Balaban J connectivity index is 1.93. The maximum absolute atomic E-state index is 12.3. The van der Waals surface area contributed by atoms with E-state index in [2.05, 4.69) is 17.1 Å². The van der Waals surface area contributed by atoms with Crippen molar-refractivity contribution in [2.24, 2.45) is 5.92 Å². The number of aromatic amines is 1. The second-order valence-electron chi connectivity index (χ2n) is 7.00. The summed E-state index contributed by atoms with van der Waals surface area (Å²) in [5.41, 5.74) is 6.14. The number of rotatable bonds is 7. The van der Waals surface area contributed by atoms with E-state index in [0.29, 0.717) is 5.16 Å². The molecule has 0 saturated heterocycles. The van der Waals surface area contributed by atoms with Gasteiger partial charge in [0, 0.05) is 16.8 Å². The zero-order valence-electron chi connectivity index (χ0n) is 16.6. The molecule has 146 valence electrons. The van der Waals surface area contributed by atoms with Gasteiger partial charge in [-0.25, -0.2) is 4.98 Å². The largest absolute Gasteiger partial charge is 0.332 e. The van der Waals surface area contributed by atoms with Crippen LogP contribution in [0.3, 0.4) is 0 Å². The lowest BCUT2D eigenvalue weighted by Gasteiger charge is -2.04. The van der Waals surface area contributed by atoms with Crippen LogP contribution in [0, 0.1) is 36.5 Å². The van der Waals surface area contributed by atoms with Gasteiger partial charge < -0.3 is 10.4 Å². The van der Waals surface area contributed by atoms with Gasteiger partial charge in [-0.1, -0.05) is 71.4 Å². The van der Waals surface area contributed by atoms with Gasteiger partial charge in [-0.15, -0.1) is 0 Å². The molecule has 6 heteroatoms. The molecule has 29 heavy (non-hydrogen) atoms. The Morgan fingerprint density at radius 3 is 2.17 bits per heavy atom. The van der Waals surface area contributed by atoms with Crippen LogP contribution in [0.5, 0.6) is 0 Å². The highest BCUT2D eigenvalue weighted by Gasteiger charge is 2.21. The number of H-pyrrole nitrogens is 1. The van der Waals surface area contributed by atoms with Gasteiger partial charge >= 0.3 is 0 Å². The molecule has 0 aliphatic rings. The van der Waals surface area contributed by atoms with Crippen LogP contribution < -0.4 is 0 Å². The van der Waals surface area contributed by atoms with Crippen LogP contribution in [0.2, 0.25) is 0 Å². The van der Waals surface area contributed by atoms with Gasteiger partial charge in [0.2, 0.25) is 0 Å².